The average Bonchev–Trinajstić information content (AvgIpc) is 3.27. The van der Waals surface area contributed by atoms with Gasteiger partial charge in [-0.1, -0.05) is 183 Å². The third kappa shape index (κ3) is 26.3. The quantitative estimate of drug-likeness (QED) is 0.0196. The van der Waals surface area contributed by atoms with E-state index < -0.39 is 65.5 Å². The Hall–Kier alpha value is -2.14. The van der Waals surface area contributed by atoms with E-state index in [1.807, 2.05) is 36.4 Å². The number of carbonyl (C=O) groups excluding carboxylic acids is 3. The Morgan fingerprint density at radius 2 is 1.03 bits per heavy atom. The number of esters is 1. The molecule has 0 saturated carbocycles. The molecule has 1 amide bonds. The number of hydroxylamine groups is 2. The minimum Gasteiger partial charge on any atom is -1.00 e. The van der Waals surface area contributed by atoms with E-state index in [0.717, 1.165) is 109 Å². The van der Waals surface area contributed by atoms with Crippen molar-refractivity contribution in [2.45, 2.75) is 217 Å². The molecule has 3 N–H and O–H groups in total. The molecule has 1 heterocycles. The molecule has 65 heavy (non-hydrogen) atoms. The van der Waals surface area contributed by atoms with Gasteiger partial charge in [-0.15, -0.1) is 0 Å². The van der Waals surface area contributed by atoms with Crippen LogP contribution in [-0.2, 0) is 56.1 Å². The Balaban J connectivity index is 0.0000145. The van der Waals surface area contributed by atoms with Gasteiger partial charge in [0.15, 0.2) is 18.4 Å². The summed E-state index contributed by atoms with van der Waals surface area (Å²) in [5.74, 6) is -2.27. The molecule has 2 aromatic carbocycles. The van der Waals surface area contributed by atoms with Crippen LogP contribution in [0, 0.1) is 0 Å². The molecule has 2 aromatic rings. The fourth-order valence-corrected chi connectivity index (χ4v) is 8.80. The van der Waals surface area contributed by atoms with Gasteiger partial charge in [0.05, 0.1) is 6.61 Å². The minimum atomic E-state index is -5.24. The van der Waals surface area contributed by atoms with E-state index in [0.29, 0.717) is 24.3 Å². The fourth-order valence-electron chi connectivity index (χ4n) is 8.29. The predicted octanol–water partition coefficient (Wildman–Crippen LogP) is 9.94. The summed E-state index contributed by atoms with van der Waals surface area (Å²) in [6.45, 7) is 1.30. The van der Waals surface area contributed by atoms with Gasteiger partial charge in [-0.05, 0) is 56.1 Å². The molecule has 0 bridgehead atoms. The number of rotatable bonds is 35. The van der Waals surface area contributed by atoms with Crippen molar-refractivity contribution in [3.05, 3.63) is 71.8 Å². The average molecular weight is 960 g/mol. The molecule has 366 valence electrons. The summed E-state index contributed by atoms with van der Waals surface area (Å²) in [6.07, 6.45) is 16.4. The van der Waals surface area contributed by atoms with E-state index in [2.05, 4.69) is 31.2 Å². The van der Waals surface area contributed by atoms with E-state index in [1.165, 1.54) is 43.2 Å². The van der Waals surface area contributed by atoms with Crippen molar-refractivity contribution in [2.24, 2.45) is 0 Å². The molecule has 0 unspecified atom stereocenters. The molecule has 13 nitrogen and oxygen atoms in total. The maximum Gasteiger partial charge on any atom is 2.00 e. The van der Waals surface area contributed by atoms with E-state index in [9.17, 15) is 37.6 Å². The summed E-state index contributed by atoms with van der Waals surface area (Å²) in [5.41, 5.74) is 2.60. The summed E-state index contributed by atoms with van der Waals surface area (Å²) in [6, 6.07) is 18.8. The van der Waals surface area contributed by atoms with Crippen molar-refractivity contribution < 1.29 is 58.9 Å². The van der Waals surface area contributed by atoms with Gasteiger partial charge in [-0.3, -0.25) is 14.1 Å². The second-order valence-corrected chi connectivity index (χ2v) is 18.4. The molecule has 1 saturated heterocycles. The number of nitrogens with zero attached hydrogens (tertiary/aromatic N) is 1. The Morgan fingerprint density at radius 3 is 1.48 bits per heavy atom. The van der Waals surface area contributed by atoms with Crippen LogP contribution in [0.1, 0.15) is 188 Å². The van der Waals surface area contributed by atoms with Crippen LogP contribution >= 0.6 is 0 Å². The largest absolute Gasteiger partial charge is 2.00 e. The van der Waals surface area contributed by atoms with Gasteiger partial charge in [0.2, 0.25) is 0 Å². The van der Waals surface area contributed by atoms with Crippen LogP contribution in [0.5, 0.6) is 0 Å². The summed E-state index contributed by atoms with van der Waals surface area (Å²) in [7, 11) is -5.24. The van der Waals surface area contributed by atoms with Crippen molar-refractivity contribution in [2.75, 3.05) is 6.61 Å². The van der Waals surface area contributed by atoms with Crippen LogP contribution in [-0.4, -0.2) is 121 Å². The topological polar surface area (TPSA) is 186 Å². The van der Waals surface area contributed by atoms with E-state index in [-0.39, 0.29) is 59.9 Å². The van der Waals surface area contributed by atoms with Gasteiger partial charge in [0.25, 0.3) is 5.91 Å². The summed E-state index contributed by atoms with van der Waals surface area (Å²) >= 11 is 0. The van der Waals surface area contributed by atoms with Crippen LogP contribution in [0.4, 0.5) is 0 Å². The van der Waals surface area contributed by atoms with Crippen molar-refractivity contribution >= 4 is 66.0 Å². The zero-order valence-electron chi connectivity index (χ0n) is 41.2. The predicted molar refractivity (Wildman–Crippen MR) is 255 cm³/mol. The molecular weight excluding hydrogens is 879 g/mol. The SMILES string of the molecule is CCCCCCCCCCCCCC(=O)N(OC(=O)CCCCCCCCc1ccccc1)[C@H]1[C@@H](OC(=O)CCCCCCCCc2ccccc2)[C@H](OS(=O)(=O)O)[C@@H](CO)O[C@@H]1O.[Ca+2].[H-].[H-]. The monoisotopic (exact) mass is 960 g/mol. The number of hydrogen-bond acceptors (Lipinski definition) is 11. The van der Waals surface area contributed by atoms with Crippen LogP contribution < -0.4 is 0 Å². The Bertz CT molecular complexity index is 1670. The minimum absolute atomic E-state index is 0. The van der Waals surface area contributed by atoms with Crippen LogP contribution in [0.3, 0.4) is 0 Å². The number of aliphatic hydroxyl groups excluding tert-OH is 2. The number of aliphatic hydroxyl groups is 2. The van der Waals surface area contributed by atoms with Crippen molar-refractivity contribution in [1.82, 2.24) is 5.06 Å². The first-order chi connectivity index (χ1) is 31.0. The maximum absolute atomic E-state index is 14.0. The molecule has 1 fully saturated rings. The summed E-state index contributed by atoms with van der Waals surface area (Å²) in [5, 5.41) is 22.1. The van der Waals surface area contributed by atoms with Gasteiger partial charge in [0.1, 0.15) is 12.2 Å². The third-order valence-corrected chi connectivity index (χ3v) is 12.4. The van der Waals surface area contributed by atoms with Crippen LogP contribution in [0.25, 0.3) is 0 Å². The molecule has 0 aromatic heterocycles. The molecule has 1 aliphatic rings. The maximum atomic E-state index is 14.0. The zero-order chi connectivity index (χ0) is 46.3. The number of aryl methyl sites for hydroxylation is 2. The fraction of sp³-hybridized carbons (Fsp3) is 0.700. The molecule has 1 aliphatic heterocycles. The molecule has 15 heteroatoms. The Kier molecular flexibility index (Phi) is 32.6. The van der Waals surface area contributed by atoms with Crippen molar-refractivity contribution in [3.63, 3.8) is 0 Å². The van der Waals surface area contributed by atoms with Gasteiger partial charge >= 0.3 is 60.1 Å². The van der Waals surface area contributed by atoms with Crippen LogP contribution in [0.2, 0.25) is 0 Å². The second kappa shape index (κ2) is 35.9. The molecule has 3 rings (SSSR count). The van der Waals surface area contributed by atoms with Gasteiger partial charge < -0.3 is 27.4 Å². The van der Waals surface area contributed by atoms with Crippen LogP contribution in [0.15, 0.2) is 60.7 Å². The molecule has 5 atom stereocenters. The molecule has 0 radical (unpaired) electrons. The summed E-state index contributed by atoms with van der Waals surface area (Å²) in [4.78, 5) is 46.5. The first kappa shape index (κ1) is 59.0. The van der Waals surface area contributed by atoms with E-state index in [1.54, 1.807) is 0 Å². The van der Waals surface area contributed by atoms with Gasteiger partial charge in [-0.25, -0.2) is 8.98 Å². The first-order valence-corrected chi connectivity index (χ1v) is 25.8. The van der Waals surface area contributed by atoms with Crippen molar-refractivity contribution in [3.8, 4) is 0 Å². The molecule has 0 spiro atoms. The second-order valence-electron chi connectivity index (χ2n) is 17.4. The standard InChI is InChI=1S/C50H79NO12S.Ca.2H/c1-2-3-4-5-6-7-8-9-10-17-28-37-44(53)51(62-46(55)39-30-19-14-12-16-23-32-42-35-26-21-27-36-42)47-49(48(63-64(57,58)59)43(40-52)60-50(47)56)61-45(54)38-29-18-13-11-15-22-31-41-33-24-20-25-34-41;;;/h20-21,24-27,33-36,43,47-50,52,56H,2-19,22-23,28-32,37-40H2,1H3,(H,57,58,59);;;/q;+2;2*-1/t43-,47+,48-,49-,50+;;;/m1.../s1. The smallest absolute Gasteiger partial charge is 1.00 e. The normalized spacial score (nSPS) is 18.4. The Labute approximate surface area is 423 Å². The number of ether oxygens (including phenoxy) is 2. The number of carbonyl (C=O) groups is 3. The summed E-state index contributed by atoms with van der Waals surface area (Å²) < 4.78 is 50.2. The number of hydrogen-bond donors (Lipinski definition) is 3. The molecule has 0 aliphatic carbocycles. The zero-order valence-corrected chi connectivity index (χ0v) is 42.3. The molecular formula is C50H81CaNO12S. The first-order valence-electron chi connectivity index (χ1n) is 24.4. The Morgan fingerprint density at radius 1 is 0.615 bits per heavy atom. The third-order valence-electron chi connectivity index (χ3n) is 11.9. The van der Waals surface area contributed by atoms with E-state index >= 15 is 0 Å². The van der Waals surface area contributed by atoms with Crippen molar-refractivity contribution in [1.29, 1.82) is 0 Å². The number of unbranched alkanes of at least 4 members (excludes halogenated alkanes) is 20. The van der Waals surface area contributed by atoms with Gasteiger partial charge in [0, 0.05) is 19.3 Å². The number of amides is 1. The van der Waals surface area contributed by atoms with Gasteiger partial charge in [-0.2, -0.15) is 13.5 Å². The number of benzene rings is 2. The van der Waals surface area contributed by atoms with E-state index in [4.69, 9.17) is 18.5 Å².